The van der Waals surface area contributed by atoms with E-state index in [0.29, 0.717) is 36.6 Å². The summed E-state index contributed by atoms with van der Waals surface area (Å²) in [5, 5.41) is 2.86. The Morgan fingerprint density at radius 1 is 1.36 bits per heavy atom. The van der Waals surface area contributed by atoms with E-state index in [0.717, 1.165) is 18.6 Å². The maximum absolute atomic E-state index is 13.1. The molecule has 1 fully saturated rings. The lowest BCUT2D eigenvalue weighted by Crippen LogP contribution is -2.22. The maximum Gasteiger partial charge on any atom is 0.416 e. The molecule has 4 rings (SSSR count). The molecule has 8 heteroatoms. The van der Waals surface area contributed by atoms with Crippen molar-refractivity contribution < 1.29 is 22.4 Å². The van der Waals surface area contributed by atoms with Gasteiger partial charge in [0, 0.05) is 19.5 Å². The summed E-state index contributed by atoms with van der Waals surface area (Å²) in [5.74, 6) is 1.41. The Bertz CT molecular complexity index is 992. The molecule has 0 spiro atoms. The molecular formula is C20H20F3N3O2. The van der Waals surface area contributed by atoms with E-state index in [2.05, 4.69) is 17.2 Å². The minimum atomic E-state index is -4.43. The third-order valence-electron chi connectivity index (χ3n) is 5.43. The average Bonchev–Trinajstić information content (AvgIpc) is 3.38. The van der Waals surface area contributed by atoms with Gasteiger partial charge in [-0.2, -0.15) is 13.2 Å². The van der Waals surface area contributed by atoms with Crippen LogP contribution in [0.15, 0.2) is 41.0 Å². The van der Waals surface area contributed by atoms with Gasteiger partial charge < -0.3 is 14.3 Å². The highest BCUT2D eigenvalue weighted by Crippen LogP contribution is 2.34. The summed E-state index contributed by atoms with van der Waals surface area (Å²) >= 11 is 0. The molecule has 1 aliphatic rings. The van der Waals surface area contributed by atoms with Crippen molar-refractivity contribution in [2.24, 2.45) is 11.8 Å². The number of benzene rings is 1. The molecule has 28 heavy (non-hydrogen) atoms. The van der Waals surface area contributed by atoms with Crippen LogP contribution in [-0.4, -0.2) is 22.0 Å². The van der Waals surface area contributed by atoms with Crippen LogP contribution in [0.3, 0.4) is 0 Å². The van der Waals surface area contributed by atoms with Gasteiger partial charge in [-0.3, -0.25) is 4.79 Å². The fraction of sp³-hybridized carbons (Fsp3) is 0.400. The van der Waals surface area contributed by atoms with Crippen LogP contribution in [0.2, 0.25) is 0 Å². The van der Waals surface area contributed by atoms with Crippen LogP contribution < -0.4 is 5.32 Å². The van der Waals surface area contributed by atoms with Crippen molar-refractivity contribution in [3.05, 3.63) is 42.2 Å². The third-order valence-corrected chi connectivity index (χ3v) is 5.43. The number of alkyl halides is 3. The van der Waals surface area contributed by atoms with Crippen molar-refractivity contribution in [2.75, 3.05) is 6.54 Å². The minimum absolute atomic E-state index is 0.0417. The largest absolute Gasteiger partial charge is 0.461 e. The Balaban J connectivity index is 1.78. The Morgan fingerprint density at radius 2 is 2.18 bits per heavy atom. The summed E-state index contributed by atoms with van der Waals surface area (Å²) in [7, 11) is 0. The monoisotopic (exact) mass is 391 g/mol. The second kappa shape index (κ2) is 7.00. The molecule has 3 aromatic rings. The number of rotatable bonds is 5. The number of hydrogen-bond acceptors (Lipinski definition) is 3. The van der Waals surface area contributed by atoms with Crippen LogP contribution in [0.1, 0.15) is 25.3 Å². The van der Waals surface area contributed by atoms with Crippen LogP contribution in [0.5, 0.6) is 0 Å². The number of aromatic nitrogens is 2. The molecule has 1 N–H and O–H groups in total. The molecule has 1 saturated heterocycles. The van der Waals surface area contributed by atoms with E-state index in [-0.39, 0.29) is 23.3 Å². The molecule has 0 radical (unpaired) electrons. The van der Waals surface area contributed by atoms with Gasteiger partial charge in [-0.05, 0) is 42.2 Å². The smallest absolute Gasteiger partial charge is 0.416 e. The predicted molar refractivity (Wildman–Crippen MR) is 97.3 cm³/mol. The van der Waals surface area contributed by atoms with Crippen molar-refractivity contribution in [1.29, 1.82) is 0 Å². The van der Waals surface area contributed by atoms with Crippen LogP contribution in [-0.2, 0) is 17.5 Å². The van der Waals surface area contributed by atoms with Crippen molar-refractivity contribution >= 4 is 16.9 Å². The molecule has 0 saturated carbocycles. The standard InChI is InChI=1S/C20H20F3N3O2/c1-2-12(13-8-18(27)24-10-13)11-26-16-6-5-14(20(21,22)23)9-15(16)25-19(26)17-4-3-7-28-17/h3-7,9,12-13H,2,8,10-11H2,1H3,(H,24,27). The number of imidazole rings is 1. The summed E-state index contributed by atoms with van der Waals surface area (Å²) in [6.07, 6.45) is -1.60. The van der Waals surface area contributed by atoms with Gasteiger partial charge in [-0.25, -0.2) is 4.98 Å². The number of fused-ring (bicyclic) bond motifs is 1. The van der Waals surface area contributed by atoms with Crippen molar-refractivity contribution in [3.8, 4) is 11.6 Å². The highest BCUT2D eigenvalue weighted by molar-refractivity contribution is 5.81. The molecule has 148 valence electrons. The van der Waals surface area contributed by atoms with Crippen LogP contribution in [0.25, 0.3) is 22.6 Å². The molecule has 1 aromatic carbocycles. The van der Waals surface area contributed by atoms with Crippen molar-refractivity contribution in [3.63, 3.8) is 0 Å². The van der Waals surface area contributed by atoms with E-state index in [1.807, 2.05) is 4.57 Å². The number of hydrogen-bond donors (Lipinski definition) is 1. The van der Waals surface area contributed by atoms with E-state index in [1.165, 1.54) is 12.3 Å². The van der Waals surface area contributed by atoms with Crippen molar-refractivity contribution in [1.82, 2.24) is 14.9 Å². The number of furan rings is 1. The third kappa shape index (κ3) is 3.39. The highest BCUT2D eigenvalue weighted by Gasteiger charge is 2.32. The lowest BCUT2D eigenvalue weighted by molar-refractivity contribution is -0.137. The first-order valence-corrected chi connectivity index (χ1v) is 9.25. The van der Waals surface area contributed by atoms with E-state index in [4.69, 9.17) is 4.42 Å². The van der Waals surface area contributed by atoms with Gasteiger partial charge in [0.25, 0.3) is 0 Å². The van der Waals surface area contributed by atoms with E-state index in [9.17, 15) is 18.0 Å². The zero-order valence-electron chi connectivity index (χ0n) is 15.3. The fourth-order valence-electron chi connectivity index (χ4n) is 3.89. The van der Waals surface area contributed by atoms with E-state index >= 15 is 0 Å². The SMILES string of the molecule is CCC(Cn1c(-c2ccco2)nc2cc(C(F)(F)F)ccc21)C1CNC(=O)C1. The van der Waals surface area contributed by atoms with Crippen LogP contribution in [0, 0.1) is 11.8 Å². The summed E-state index contributed by atoms with van der Waals surface area (Å²) < 4.78 is 46.7. The molecule has 1 aliphatic heterocycles. The number of nitrogens with one attached hydrogen (secondary N) is 1. The lowest BCUT2D eigenvalue weighted by Gasteiger charge is -2.22. The van der Waals surface area contributed by atoms with Gasteiger partial charge >= 0.3 is 6.18 Å². The van der Waals surface area contributed by atoms with Gasteiger partial charge in [-0.15, -0.1) is 0 Å². The summed E-state index contributed by atoms with van der Waals surface area (Å²) in [4.78, 5) is 16.1. The van der Waals surface area contributed by atoms with Gasteiger partial charge in [0.2, 0.25) is 5.91 Å². The number of amides is 1. The molecule has 0 bridgehead atoms. The van der Waals surface area contributed by atoms with Crippen LogP contribution >= 0.6 is 0 Å². The zero-order chi connectivity index (χ0) is 19.9. The Morgan fingerprint density at radius 3 is 2.79 bits per heavy atom. The number of carbonyl (C=O) groups excluding carboxylic acids is 1. The van der Waals surface area contributed by atoms with Gasteiger partial charge in [0.15, 0.2) is 11.6 Å². The van der Waals surface area contributed by atoms with Gasteiger partial charge in [0.1, 0.15) is 0 Å². The Kier molecular flexibility index (Phi) is 4.64. The first-order valence-electron chi connectivity index (χ1n) is 9.25. The topological polar surface area (TPSA) is 60.1 Å². The minimum Gasteiger partial charge on any atom is -0.461 e. The van der Waals surface area contributed by atoms with E-state index < -0.39 is 11.7 Å². The Labute approximate surface area is 159 Å². The van der Waals surface area contributed by atoms with Gasteiger partial charge in [0.05, 0.1) is 22.9 Å². The molecule has 2 aromatic heterocycles. The highest BCUT2D eigenvalue weighted by atomic mass is 19.4. The zero-order valence-corrected chi connectivity index (χ0v) is 15.3. The quantitative estimate of drug-likeness (QED) is 0.698. The van der Waals surface area contributed by atoms with Crippen LogP contribution in [0.4, 0.5) is 13.2 Å². The summed E-state index contributed by atoms with van der Waals surface area (Å²) in [5.41, 5.74) is 0.167. The second-order valence-corrected chi connectivity index (χ2v) is 7.16. The first kappa shape index (κ1) is 18.6. The molecule has 1 amide bonds. The summed E-state index contributed by atoms with van der Waals surface area (Å²) in [6, 6.07) is 7.07. The molecule has 0 aliphatic carbocycles. The second-order valence-electron chi connectivity index (χ2n) is 7.16. The normalized spacial score (nSPS) is 18.6. The maximum atomic E-state index is 13.1. The van der Waals surface area contributed by atoms with E-state index in [1.54, 1.807) is 12.1 Å². The molecule has 5 nitrogen and oxygen atoms in total. The average molecular weight is 391 g/mol. The molecule has 2 atom stereocenters. The lowest BCUT2D eigenvalue weighted by atomic mass is 9.89. The Hall–Kier alpha value is -2.77. The summed E-state index contributed by atoms with van der Waals surface area (Å²) in [6.45, 7) is 3.23. The number of carbonyl (C=O) groups is 1. The predicted octanol–water partition coefficient (Wildman–Crippen LogP) is 4.48. The molecule has 3 heterocycles. The first-order chi connectivity index (χ1) is 13.4. The van der Waals surface area contributed by atoms with Gasteiger partial charge in [-0.1, -0.05) is 13.3 Å². The van der Waals surface area contributed by atoms with Crippen molar-refractivity contribution in [2.45, 2.75) is 32.5 Å². The fourth-order valence-corrected chi connectivity index (χ4v) is 3.89. The number of nitrogens with zero attached hydrogens (tertiary/aromatic N) is 2. The number of halogens is 3. The molecular weight excluding hydrogens is 371 g/mol. The molecule has 2 unspecified atom stereocenters.